The molecule has 3 heteroatoms. The van der Waals surface area contributed by atoms with Crippen LogP contribution in [0.5, 0.6) is 0 Å². The van der Waals surface area contributed by atoms with Crippen LogP contribution in [0.3, 0.4) is 0 Å². The first kappa shape index (κ1) is 15.4. The van der Waals surface area contributed by atoms with Crippen molar-refractivity contribution in [2.24, 2.45) is 0 Å². The smallest absolute Gasteiger partial charge is 0.115 e. The van der Waals surface area contributed by atoms with Gasteiger partial charge in [-0.1, -0.05) is 42.3 Å². The summed E-state index contributed by atoms with van der Waals surface area (Å²) in [6, 6.07) is 9.27. The molecule has 1 atom stereocenters. The van der Waals surface area contributed by atoms with Crippen molar-refractivity contribution in [1.82, 2.24) is 4.90 Å². The molecule has 3 fully saturated rings. The zero-order valence-electron chi connectivity index (χ0n) is 13.8. The quantitative estimate of drug-likeness (QED) is 0.929. The molecule has 1 unspecified atom stereocenters. The first-order chi connectivity index (χ1) is 11.2. The van der Waals surface area contributed by atoms with Gasteiger partial charge in [0, 0.05) is 32.2 Å². The molecule has 1 aromatic carbocycles. The fourth-order valence-electron chi connectivity index (χ4n) is 3.98. The predicted octanol–water partition coefficient (Wildman–Crippen LogP) is 3.33. The summed E-state index contributed by atoms with van der Waals surface area (Å²) < 4.78 is 5.34. The predicted molar refractivity (Wildman–Crippen MR) is 92.2 cm³/mol. The van der Waals surface area contributed by atoms with Crippen molar-refractivity contribution in [3.05, 3.63) is 41.0 Å². The van der Waals surface area contributed by atoms with Crippen molar-refractivity contribution >= 4 is 6.08 Å². The van der Waals surface area contributed by atoms with Crippen LogP contribution in [0.1, 0.15) is 49.7 Å². The highest BCUT2D eigenvalue weighted by Gasteiger charge is 2.34. The first-order valence-electron chi connectivity index (χ1n) is 9.07. The zero-order chi connectivity index (χ0) is 15.7. The minimum Gasteiger partial charge on any atom is -0.383 e. The maximum Gasteiger partial charge on any atom is 0.115 e. The highest BCUT2D eigenvalue weighted by Crippen LogP contribution is 2.31. The second kappa shape index (κ2) is 6.39. The van der Waals surface area contributed by atoms with E-state index in [2.05, 4.69) is 35.2 Å². The molecule has 0 bridgehead atoms. The van der Waals surface area contributed by atoms with Crippen LogP contribution in [0.4, 0.5) is 0 Å². The van der Waals surface area contributed by atoms with E-state index >= 15 is 0 Å². The Morgan fingerprint density at radius 1 is 1.13 bits per heavy atom. The van der Waals surface area contributed by atoms with Gasteiger partial charge in [-0.3, -0.25) is 4.90 Å². The van der Waals surface area contributed by atoms with Gasteiger partial charge < -0.3 is 9.84 Å². The van der Waals surface area contributed by atoms with Gasteiger partial charge in [0.25, 0.3) is 0 Å². The highest BCUT2D eigenvalue weighted by molar-refractivity contribution is 5.54. The summed E-state index contributed by atoms with van der Waals surface area (Å²) in [5.41, 5.74) is 3.02. The highest BCUT2D eigenvalue weighted by atomic mass is 16.5. The van der Waals surface area contributed by atoms with E-state index < -0.39 is 5.60 Å². The summed E-state index contributed by atoms with van der Waals surface area (Å²) in [4.78, 5) is 2.68. The molecular weight excluding hydrogens is 286 g/mol. The molecule has 2 saturated heterocycles. The lowest BCUT2D eigenvalue weighted by molar-refractivity contribution is 0.0232. The molecule has 3 aliphatic rings. The number of likely N-dealkylation sites (tertiary alicyclic amines) is 1. The lowest BCUT2D eigenvalue weighted by atomic mass is 9.89. The number of hydrogen-bond donors (Lipinski definition) is 1. The molecule has 23 heavy (non-hydrogen) atoms. The number of rotatable bonds is 3. The average Bonchev–Trinajstić information content (AvgIpc) is 2.96. The van der Waals surface area contributed by atoms with Crippen LogP contribution in [0.15, 0.2) is 29.8 Å². The third-order valence-corrected chi connectivity index (χ3v) is 5.85. The molecule has 0 amide bonds. The SMILES string of the molecule is OC1(c2ccc(C=C3CCN(C4CCC4)CC3)cc2)CCOC1. The Hall–Kier alpha value is -1.16. The number of aliphatic hydroxyl groups is 1. The van der Waals surface area contributed by atoms with Crippen LogP contribution in [-0.2, 0) is 10.3 Å². The summed E-state index contributed by atoms with van der Waals surface area (Å²) in [6.07, 6.45) is 9.70. The van der Waals surface area contributed by atoms with Crippen molar-refractivity contribution in [3.63, 3.8) is 0 Å². The van der Waals surface area contributed by atoms with Gasteiger partial charge in [-0.15, -0.1) is 0 Å². The molecule has 2 heterocycles. The Morgan fingerprint density at radius 2 is 1.87 bits per heavy atom. The van der Waals surface area contributed by atoms with Gasteiger partial charge in [0.1, 0.15) is 5.60 Å². The number of nitrogens with zero attached hydrogens (tertiary/aromatic N) is 1. The molecule has 0 aromatic heterocycles. The molecule has 0 radical (unpaired) electrons. The van der Waals surface area contributed by atoms with Crippen LogP contribution < -0.4 is 0 Å². The van der Waals surface area contributed by atoms with Crippen LogP contribution in [0.25, 0.3) is 6.08 Å². The van der Waals surface area contributed by atoms with E-state index in [1.807, 2.05) is 0 Å². The van der Waals surface area contributed by atoms with Gasteiger partial charge in [0.2, 0.25) is 0 Å². The van der Waals surface area contributed by atoms with Gasteiger partial charge in [0.05, 0.1) is 6.61 Å². The number of piperidine rings is 1. The number of benzene rings is 1. The average molecular weight is 313 g/mol. The van der Waals surface area contributed by atoms with Gasteiger partial charge in [-0.2, -0.15) is 0 Å². The molecule has 124 valence electrons. The maximum atomic E-state index is 10.5. The van der Waals surface area contributed by atoms with E-state index in [0.717, 1.165) is 11.6 Å². The molecule has 1 saturated carbocycles. The molecule has 1 aliphatic carbocycles. The van der Waals surface area contributed by atoms with Crippen LogP contribution in [-0.4, -0.2) is 42.4 Å². The van der Waals surface area contributed by atoms with E-state index in [1.54, 1.807) is 5.57 Å². The van der Waals surface area contributed by atoms with Gasteiger partial charge in [-0.25, -0.2) is 0 Å². The van der Waals surface area contributed by atoms with Crippen molar-refractivity contribution in [1.29, 1.82) is 0 Å². The normalized spacial score (nSPS) is 29.5. The van der Waals surface area contributed by atoms with Crippen molar-refractivity contribution in [3.8, 4) is 0 Å². The molecule has 2 aliphatic heterocycles. The van der Waals surface area contributed by atoms with Crippen molar-refractivity contribution in [2.45, 2.75) is 50.2 Å². The second-order valence-electron chi connectivity index (χ2n) is 7.38. The third kappa shape index (κ3) is 3.23. The molecular formula is C20H27NO2. The molecule has 1 N–H and O–H groups in total. The second-order valence-corrected chi connectivity index (χ2v) is 7.38. The van der Waals surface area contributed by atoms with E-state index in [-0.39, 0.29) is 0 Å². The Labute approximate surface area is 139 Å². The van der Waals surface area contributed by atoms with Gasteiger partial charge in [-0.05, 0) is 36.8 Å². The third-order valence-electron chi connectivity index (χ3n) is 5.85. The van der Waals surface area contributed by atoms with Crippen LogP contribution in [0.2, 0.25) is 0 Å². The van der Waals surface area contributed by atoms with Crippen molar-refractivity contribution < 1.29 is 9.84 Å². The van der Waals surface area contributed by atoms with E-state index in [0.29, 0.717) is 19.6 Å². The van der Waals surface area contributed by atoms with Crippen molar-refractivity contribution in [2.75, 3.05) is 26.3 Å². The standard InChI is InChI=1S/C20H27NO2/c22-20(10-13-23-15-20)18-6-4-16(5-7-18)14-17-8-11-21(12-9-17)19-2-1-3-19/h4-7,14,19,22H,1-3,8-13,15H2. The summed E-state index contributed by atoms with van der Waals surface area (Å²) in [7, 11) is 0. The largest absolute Gasteiger partial charge is 0.383 e. The summed E-state index contributed by atoms with van der Waals surface area (Å²) in [5, 5.41) is 10.5. The van der Waals surface area contributed by atoms with Gasteiger partial charge >= 0.3 is 0 Å². The lowest BCUT2D eigenvalue weighted by Crippen LogP contribution is -2.43. The first-order valence-corrected chi connectivity index (χ1v) is 9.07. The lowest BCUT2D eigenvalue weighted by Gasteiger charge is -2.40. The summed E-state index contributed by atoms with van der Waals surface area (Å²) in [5.74, 6) is 0. The fraction of sp³-hybridized carbons (Fsp3) is 0.600. The Kier molecular flexibility index (Phi) is 4.27. The van der Waals surface area contributed by atoms with Crippen LogP contribution in [0, 0.1) is 0 Å². The van der Waals surface area contributed by atoms with Gasteiger partial charge in [0.15, 0.2) is 0 Å². The number of hydrogen-bond acceptors (Lipinski definition) is 3. The minimum absolute atomic E-state index is 0.421. The summed E-state index contributed by atoms with van der Waals surface area (Å²) in [6.45, 7) is 3.53. The molecule has 1 aromatic rings. The van der Waals surface area contributed by atoms with Crippen LogP contribution >= 0.6 is 0 Å². The molecule has 3 nitrogen and oxygen atoms in total. The molecule has 0 spiro atoms. The zero-order valence-corrected chi connectivity index (χ0v) is 13.8. The Morgan fingerprint density at radius 3 is 2.43 bits per heavy atom. The minimum atomic E-state index is -0.778. The maximum absolute atomic E-state index is 10.5. The molecule has 4 rings (SSSR count). The van der Waals surface area contributed by atoms with E-state index in [4.69, 9.17) is 4.74 Å². The van der Waals surface area contributed by atoms with E-state index in [1.165, 1.54) is 50.8 Å². The topological polar surface area (TPSA) is 32.7 Å². The Bertz CT molecular complexity index is 558. The Balaban J connectivity index is 1.39. The summed E-state index contributed by atoms with van der Waals surface area (Å²) >= 11 is 0. The fourth-order valence-corrected chi connectivity index (χ4v) is 3.98. The van der Waals surface area contributed by atoms with E-state index in [9.17, 15) is 5.11 Å². The number of ether oxygens (including phenoxy) is 1. The monoisotopic (exact) mass is 313 g/mol.